The molecular formula is C13H16FN3O2S. The van der Waals surface area contributed by atoms with Crippen LogP contribution in [0.3, 0.4) is 0 Å². The number of benzene rings is 1. The Balaban J connectivity index is 2.42. The van der Waals surface area contributed by atoms with E-state index in [4.69, 9.17) is 0 Å². The number of hydrogen-bond donors (Lipinski definition) is 2. The molecule has 7 heteroatoms. The highest BCUT2D eigenvalue weighted by molar-refractivity contribution is 7.99. The summed E-state index contributed by atoms with van der Waals surface area (Å²) in [6.07, 6.45) is -0.0217. The summed E-state index contributed by atoms with van der Waals surface area (Å²) in [4.78, 5) is 11.9. The van der Waals surface area contributed by atoms with Crippen LogP contribution in [-0.2, 0) is 6.54 Å². The molecule has 0 aliphatic heterocycles. The van der Waals surface area contributed by atoms with Gasteiger partial charge in [0, 0.05) is 6.54 Å². The van der Waals surface area contributed by atoms with Crippen molar-refractivity contribution in [3.63, 3.8) is 0 Å². The van der Waals surface area contributed by atoms with Crippen LogP contribution >= 0.6 is 11.8 Å². The average molecular weight is 297 g/mol. The maximum atomic E-state index is 14.0. The molecule has 1 aromatic heterocycles. The second-order valence-electron chi connectivity index (χ2n) is 4.40. The molecule has 2 aromatic rings. The SMILES string of the molecule is CCCn1c(Sc2c(F)cccc2[C@H](C)O)n[nH]c1=O. The van der Waals surface area contributed by atoms with E-state index < -0.39 is 11.9 Å². The van der Waals surface area contributed by atoms with Gasteiger partial charge in [-0.15, -0.1) is 5.10 Å². The molecule has 0 saturated heterocycles. The Morgan fingerprint density at radius 2 is 2.30 bits per heavy atom. The molecule has 0 bridgehead atoms. The van der Waals surface area contributed by atoms with Gasteiger partial charge in [0.05, 0.1) is 11.0 Å². The van der Waals surface area contributed by atoms with Crippen molar-refractivity contribution in [1.29, 1.82) is 0 Å². The Morgan fingerprint density at radius 3 is 2.95 bits per heavy atom. The minimum Gasteiger partial charge on any atom is -0.389 e. The average Bonchev–Trinajstić information content (AvgIpc) is 2.74. The second-order valence-corrected chi connectivity index (χ2v) is 5.38. The highest BCUT2D eigenvalue weighted by Crippen LogP contribution is 2.33. The molecule has 1 heterocycles. The van der Waals surface area contributed by atoms with Gasteiger partial charge in [0.25, 0.3) is 0 Å². The Bertz CT molecular complexity index is 651. The van der Waals surface area contributed by atoms with E-state index in [0.29, 0.717) is 22.2 Å². The maximum Gasteiger partial charge on any atom is 0.343 e. The quantitative estimate of drug-likeness (QED) is 0.888. The molecule has 0 fully saturated rings. The Labute approximate surface area is 119 Å². The Morgan fingerprint density at radius 1 is 1.55 bits per heavy atom. The second kappa shape index (κ2) is 6.23. The summed E-state index contributed by atoms with van der Waals surface area (Å²) in [6.45, 7) is 4.02. The van der Waals surface area contributed by atoms with Gasteiger partial charge in [0.15, 0.2) is 5.16 Å². The van der Waals surface area contributed by atoms with Gasteiger partial charge < -0.3 is 5.11 Å². The summed E-state index contributed by atoms with van der Waals surface area (Å²) in [5, 5.41) is 16.4. The number of aliphatic hydroxyl groups is 1. The van der Waals surface area contributed by atoms with Crippen LogP contribution in [0.5, 0.6) is 0 Å². The highest BCUT2D eigenvalue weighted by Gasteiger charge is 2.17. The fourth-order valence-electron chi connectivity index (χ4n) is 1.86. The molecule has 0 amide bonds. The number of aromatic amines is 1. The Kier molecular flexibility index (Phi) is 4.61. The molecule has 2 rings (SSSR count). The summed E-state index contributed by atoms with van der Waals surface area (Å²) in [7, 11) is 0. The first kappa shape index (κ1) is 14.8. The summed E-state index contributed by atoms with van der Waals surface area (Å²) >= 11 is 1.04. The molecule has 1 aromatic carbocycles. The zero-order valence-electron chi connectivity index (χ0n) is 11.3. The first-order chi connectivity index (χ1) is 9.54. The van der Waals surface area contributed by atoms with Gasteiger partial charge in [0.1, 0.15) is 5.82 Å². The van der Waals surface area contributed by atoms with E-state index in [0.717, 1.165) is 18.2 Å². The van der Waals surface area contributed by atoms with Crippen LogP contribution in [0.1, 0.15) is 31.9 Å². The van der Waals surface area contributed by atoms with Crippen molar-refractivity contribution in [2.24, 2.45) is 0 Å². The van der Waals surface area contributed by atoms with Gasteiger partial charge in [-0.1, -0.05) is 19.1 Å². The largest absolute Gasteiger partial charge is 0.389 e. The van der Waals surface area contributed by atoms with Crippen LogP contribution in [0.2, 0.25) is 0 Å². The van der Waals surface area contributed by atoms with Crippen molar-refractivity contribution in [2.45, 2.75) is 43.0 Å². The normalized spacial score (nSPS) is 12.6. The van der Waals surface area contributed by atoms with E-state index in [1.54, 1.807) is 19.1 Å². The molecule has 2 N–H and O–H groups in total. The van der Waals surface area contributed by atoms with Crippen LogP contribution in [0.4, 0.5) is 4.39 Å². The summed E-state index contributed by atoms with van der Waals surface area (Å²) in [5.41, 5.74) is 0.165. The minimum atomic E-state index is -0.793. The first-order valence-electron chi connectivity index (χ1n) is 6.34. The van der Waals surface area contributed by atoms with Crippen molar-refractivity contribution in [3.05, 3.63) is 40.1 Å². The van der Waals surface area contributed by atoms with Crippen LogP contribution in [0, 0.1) is 5.82 Å². The van der Waals surface area contributed by atoms with Gasteiger partial charge in [-0.05, 0) is 36.7 Å². The summed E-state index contributed by atoms with van der Waals surface area (Å²) < 4.78 is 15.4. The predicted octanol–water partition coefficient (Wildman–Crippen LogP) is 2.32. The lowest BCUT2D eigenvalue weighted by molar-refractivity contribution is 0.195. The third-order valence-corrected chi connectivity index (χ3v) is 3.94. The molecule has 0 radical (unpaired) electrons. The summed E-state index contributed by atoms with van der Waals surface area (Å²) in [5.74, 6) is -0.438. The number of hydrogen-bond acceptors (Lipinski definition) is 4. The van der Waals surface area contributed by atoms with Gasteiger partial charge in [-0.2, -0.15) is 0 Å². The van der Waals surface area contributed by atoms with Gasteiger partial charge >= 0.3 is 5.69 Å². The summed E-state index contributed by atoms with van der Waals surface area (Å²) in [6, 6.07) is 4.53. The van der Waals surface area contributed by atoms with Crippen LogP contribution in [0.15, 0.2) is 33.0 Å². The van der Waals surface area contributed by atoms with Crippen molar-refractivity contribution in [1.82, 2.24) is 14.8 Å². The molecule has 0 saturated carbocycles. The van der Waals surface area contributed by atoms with Gasteiger partial charge in [-0.3, -0.25) is 4.57 Å². The zero-order valence-corrected chi connectivity index (χ0v) is 12.1. The molecule has 0 unspecified atom stereocenters. The lowest BCUT2D eigenvalue weighted by Crippen LogP contribution is -2.17. The molecule has 0 aliphatic carbocycles. The van der Waals surface area contributed by atoms with Crippen molar-refractivity contribution in [2.75, 3.05) is 0 Å². The number of halogens is 1. The standard InChI is InChI=1S/C13H16FN3O2S/c1-3-7-17-12(19)15-16-13(17)20-11-9(8(2)18)5-4-6-10(11)14/h4-6,8,18H,3,7H2,1-2H3,(H,15,19)/t8-/m0/s1. The number of aliphatic hydroxyl groups excluding tert-OH is 1. The van der Waals surface area contributed by atoms with Gasteiger partial charge in [0.2, 0.25) is 0 Å². The number of H-pyrrole nitrogens is 1. The fourth-order valence-corrected chi connectivity index (χ4v) is 2.94. The molecular weight excluding hydrogens is 281 g/mol. The molecule has 0 spiro atoms. The van der Waals surface area contributed by atoms with E-state index in [-0.39, 0.29) is 5.69 Å². The monoisotopic (exact) mass is 297 g/mol. The molecule has 0 aliphatic rings. The third kappa shape index (κ3) is 2.94. The number of aromatic nitrogens is 3. The van der Waals surface area contributed by atoms with Crippen LogP contribution in [0.25, 0.3) is 0 Å². The lowest BCUT2D eigenvalue weighted by Gasteiger charge is -2.12. The predicted molar refractivity (Wildman–Crippen MR) is 74.3 cm³/mol. The zero-order chi connectivity index (χ0) is 14.7. The lowest BCUT2D eigenvalue weighted by atomic mass is 10.1. The maximum absolute atomic E-state index is 14.0. The number of nitrogens with one attached hydrogen (secondary N) is 1. The van der Waals surface area contributed by atoms with E-state index in [1.165, 1.54) is 10.6 Å². The topological polar surface area (TPSA) is 70.9 Å². The van der Waals surface area contributed by atoms with Crippen molar-refractivity contribution in [3.8, 4) is 0 Å². The smallest absolute Gasteiger partial charge is 0.343 e. The molecule has 20 heavy (non-hydrogen) atoms. The van der Waals surface area contributed by atoms with Crippen molar-refractivity contribution < 1.29 is 9.50 Å². The van der Waals surface area contributed by atoms with E-state index in [2.05, 4.69) is 10.2 Å². The molecule has 108 valence electrons. The van der Waals surface area contributed by atoms with E-state index in [9.17, 15) is 14.3 Å². The van der Waals surface area contributed by atoms with Crippen molar-refractivity contribution >= 4 is 11.8 Å². The number of nitrogens with zero attached hydrogens (tertiary/aromatic N) is 2. The Hall–Kier alpha value is -1.60. The minimum absolute atomic E-state index is 0.291. The van der Waals surface area contributed by atoms with Crippen LogP contribution in [-0.4, -0.2) is 19.9 Å². The molecule has 1 atom stereocenters. The number of rotatable bonds is 5. The molecule has 5 nitrogen and oxygen atoms in total. The van der Waals surface area contributed by atoms with Crippen LogP contribution < -0.4 is 5.69 Å². The fraction of sp³-hybridized carbons (Fsp3) is 0.385. The highest BCUT2D eigenvalue weighted by atomic mass is 32.2. The van der Waals surface area contributed by atoms with Gasteiger partial charge in [-0.25, -0.2) is 14.3 Å². The van der Waals surface area contributed by atoms with E-state index >= 15 is 0 Å². The first-order valence-corrected chi connectivity index (χ1v) is 7.15. The third-order valence-electron chi connectivity index (χ3n) is 2.81. The van der Waals surface area contributed by atoms with E-state index in [1.807, 2.05) is 6.92 Å².